The van der Waals surface area contributed by atoms with Crippen LogP contribution in [0.3, 0.4) is 0 Å². The zero-order valence-electron chi connectivity index (χ0n) is 20.1. The van der Waals surface area contributed by atoms with E-state index < -0.39 is 17.3 Å². The van der Waals surface area contributed by atoms with Crippen LogP contribution in [0.2, 0.25) is 5.02 Å². The van der Waals surface area contributed by atoms with Gasteiger partial charge < -0.3 is 15.4 Å². The van der Waals surface area contributed by atoms with E-state index in [4.69, 9.17) is 16.3 Å². The van der Waals surface area contributed by atoms with Gasteiger partial charge in [0, 0.05) is 28.7 Å². The van der Waals surface area contributed by atoms with Crippen LogP contribution in [0.4, 0.5) is 14.9 Å². The lowest BCUT2D eigenvalue weighted by atomic mass is 9.89. The van der Waals surface area contributed by atoms with E-state index in [1.165, 1.54) is 19.1 Å². The van der Waals surface area contributed by atoms with Crippen LogP contribution in [0.15, 0.2) is 71.9 Å². The lowest BCUT2D eigenvalue weighted by Gasteiger charge is -2.20. The largest absolute Gasteiger partial charge is 0.439 e. The van der Waals surface area contributed by atoms with Crippen molar-refractivity contribution in [2.45, 2.75) is 27.3 Å². The molecule has 0 aliphatic carbocycles. The molecule has 0 aliphatic heterocycles. The number of ketones is 1. The van der Waals surface area contributed by atoms with Crippen molar-refractivity contribution in [3.63, 3.8) is 0 Å². The Morgan fingerprint density at radius 3 is 2.36 bits per heavy atom. The number of ether oxygens (including phenoxy) is 1. The molecule has 1 aromatic heterocycles. The molecule has 0 unspecified atom stereocenters. The van der Waals surface area contributed by atoms with E-state index in [9.17, 15) is 14.0 Å². The highest BCUT2D eigenvalue weighted by molar-refractivity contribution is 6.30. The van der Waals surface area contributed by atoms with Gasteiger partial charge in [-0.2, -0.15) is 0 Å². The molecule has 3 N–H and O–H groups in total. The lowest BCUT2D eigenvalue weighted by molar-refractivity contribution is -0.124. The van der Waals surface area contributed by atoms with Gasteiger partial charge in [0.05, 0.1) is 12.7 Å². The van der Waals surface area contributed by atoms with Gasteiger partial charge in [0.2, 0.25) is 11.8 Å². The van der Waals surface area contributed by atoms with Crippen molar-refractivity contribution in [1.29, 1.82) is 0 Å². The number of aliphatic imine (C=N–C) groups is 1. The number of hydrogen-bond donors (Lipinski definition) is 3. The van der Waals surface area contributed by atoms with E-state index in [2.05, 4.69) is 25.9 Å². The second-order valence-corrected chi connectivity index (χ2v) is 9.04. The number of halogens is 2. The molecule has 0 saturated heterocycles. The molecule has 1 heterocycles. The van der Waals surface area contributed by atoms with Crippen molar-refractivity contribution in [3.05, 3.63) is 83.3 Å². The number of hydrogen-bond acceptors (Lipinski definition) is 5. The van der Waals surface area contributed by atoms with Gasteiger partial charge in [0.15, 0.2) is 0 Å². The Kier molecular flexibility index (Phi) is 8.97. The van der Waals surface area contributed by atoms with Crippen LogP contribution >= 0.6 is 11.6 Å². The predicted molar refractivity (Wildman–Crippen MR) is 138 cm³/mol. The summed E-state index contributed by atoms with van der Waals surface area (Å²) >= 11 is 5.90. The molecule has 10 heteroatoms. The molecule has 8 nitrogen and oxygen atoms in total. The maximum absolute atomic E-state index is 13.0. The van der Waals surface area contributed by atoms with Crippen molar-refractivity contribution < 1.29 is 18.7 Å². The Labute approximate surface area is 214 Å². The minimum Gasteiger partial charge on any atom is -0.439 e. The summed E-state index contributed by atoms with van der Waals surface area (Å²) in [5.41, 5.74) is 0.797. The molecule has 36 heavy (non-hydrogen) atoms. The molecule has 0 aliphatic rings. The SMILES string of the molecule is CC(=O)C(C)(C)CN=C(NC(=O)NCc1ccc(Cl)cc1)Nc1ccc(Oc2ccc(F)cn2)cc1. The number of pyridine rings is 1. The first-order valence-electron chi connectivity index (χ1n) is 11.1. The summed E-state index contributed by atoms with van der Waals surface area (Å²) in [5, 5.41) is 9.12. The molecule has 0 saturated carbocycles. The van der Waals surface area contributed by atoms with Gasteiger partial charge in [-0.3, -0.25) is 15.1 Å². The van der Waals surface area contributed by atoms with Crippen molar-refractivity contribution in [2.24, 2.45) is 10.4 Å². The second kappa shape index (κ2) is 12.1. The van der Waals surface area contributed by atoms with E-state index >= 15 is 0 Å². The highest BCUT2D eigenvalue weighted by atomic mass is 35.5. The number of carbonyl (C=O) groups excluding carboxylic acids is 2. The van der Waals surface area contributed by atoms with Gasteiger partial charge in [-0.15, -0.1) is 0 Å². The summed E-state index contributed by atoms with van der Waals surface area (Å²) in [7, 11) is 0. The normalized spacial score (nSPS) is 11.5. The van der Waals surface area contributed by atoms with Crippen molar-refractivity contribution in [2.75, 3.05) is 11.9 Å². The average molecular weight is 512 g/mol. The smallest absolute Gasteiger partial charge is 0.321 e. The zero-order chi connectivity index (χ0) is 26.1. The third-order valence-corrected chi connectivity index (χ3v) is 5.48. The van der Waals surface area contributed by atoms with Crippen LogP contribution in [-0.4, -0.2) is 29.3 Å². The number of benzene rings is 2. The third-order valence-electron chi connectivity index (χ3n) is 5.22. The summed E-state index contributed by atoms with van der Waals surface area (Å²) in [4.78, 5) is 32.7. The number of guanidine groups is 1. The maximum atomic E-state index is 13.0. The minimum absolute atomic E-state index is 0.0197. The monoisotopic (exact) mass is 511 g/mol. The number of aromatic nitrogens is 1. The Bertz CT molecular complexity index is 1210. The molecule has 0 fully saturated rings. The highest BCUT2D eigenvalue weighted by Crippen LogP contribution is 2.22. The highest BCUT2D eigenvalue weighted by Gasteiger charge is 2.23. The lowest BCUT2D eigenvalue weighted by Crippen LogP contribution is -2.43. The van der Waals surface area contributed by atoms with Gasteiger partial charge in [-0.05, 0) is 55.0 Å². The third kappa shape index (κ3) is 8.35. The number of nitrogens with one attached hydrogen (secondary N) is 3. The number of urea groups is 1. The van der Waals surface area contributed by atoms with Gasteiger partial charge in [-0.1, -0.05) is 37.6 Å². The Morgan fingerprint density at radius 1 is 1.06 bits per heavy atom. The van der Waals surface area contributed by atoms with Crippen molar-refractivity contribution >= 4 is 35.1 Å². The molecule has 3 aromatic rings. The molecule has 0 radical (unpaired) electrons. The first-order valence-corrected chi connectivity index (χ1v) is 11.5. The fourth-order valence-electron chi connectivity index (χ4n) is 2.72. The number of amides is 2. The predicted octanol–water partition coefficient (Wildman–Crippen LogP) is 5.55. The van der Waals surface area contributed by atoms with Crippen LogP contribution in [0, 0.1) is 11.2 Å². The van der Waals surface area contributed by atoms with E-state index in [1.807, 2.05) is 12.1 Å². The van der Waals surface area contributed by atoms with Crippen LogP contribution in [0.1, 0.15) is 26.3 Å². The van der Waals surface area contributed by atoms with E-state index in [-0.39, 0.29) is 24.2 Å². The number of rotatable bonds is 8. The van der Waals surface area contributed by atoms with Gasteiger partial charge in [0.25, 0.3) is 0 Å². The summed E-state index contributed by atoms with van der Waals surface area (Å²) < 4.78 is 18.6. The fraction of sp³-hybridized carbons (Fsp3) is 0.231. The van der Waals surface area contributed by atoms with E-state index in [1.54, 1.807) is 50.2 Å². The second-order valence-electron chi connectivity index (χ2n) is 8.61. The Morgan fingerprint density at radius 2 is 1.75 bits per heavy atom. The van der Waals surface area contributed by atoms with Crippen LogP contribution in [0.5, 0.6) is 11.6 Å². The summed E-state index contributed by atoms with van der Waals surface area (Å²) in [6, 6.07) is 16.1. The molecule has 0 bridgehead atoms. The van der Waals surface area contributed by atoms with Gasteiger partial charge >= 0.3 is 6.03 Å². The van der Waals surface area contributed by atoms with Crippen molar-refractivity contribution in [1.82, 2.24) is 15.6 Å². The molecule has 2 amide bonds. The molecule has 0 atom stereocenters. The number of Topliss-reactive ketones (excluding diaryl/α,β-unsaturated/α-hetero) is 1. The Balaban J connectivity index is 1.67. The standard InChI is InChI=1S/C26H27ClFN5O3/c1-17(34)26(2,3)16-31-24(33-25(35)30-14-18-4-6-19(27)7-5-18)32-21-9-11-22(12-10-21)36-23-13-8-20(28)15-29-23/h4-13,15H,14,16H2,1-3H3,(H3,30,31,32,33,35). The van der Waals surface area contributed by atoms with Crippen LogP contribution in [-0.2, 0) is 11.3 Å². The fourth-order valence-corrected chi connectivity index (χ4v) is 2.85. The molecule has 3 rings (SSSR count). The molecular formula is C26H27ClFN5O3. The van der Waals surface area contributed by atoms with E-state index in [0.29, 0.717) is 23.0 Å². The quantitative estimate of drug-likeness (QED) is 0.272. The zero-order valence-corrected chi connectivity index (χ0v) is 20.9. The minimum atomic E-state index is -0.700. The van der Waals surface area contributed by atoms with Crippen LogP contribution < -0.4 is 20.7 Å². The molecule has 2 aromatic carbocycles. The molecule has 188 valence electrons. The topological polar surface area (TPSA) is 105 Å². The van der Waals surface area contributed by atoms with Gasteiger partial charge in [-0.25, -0.2) is 14.2 Å². The average Bonchev–Trinajstić information content (AvgIpc) is 2.85. The number of nitrogens with zero attached hydrogens (tertiary/aromatic N) is 2. The maximum Gasteiger partial charge on any atom is 0.321 e. The molecule has 0 spiro atoms. The summed E-state index contributed by atoms with van der Waals surface area (Å²) in [5.74, 6) is 0.446. The van der Waals surface area contributed by atoms with E-state index in [0.717, 1.165) is 11.8 Å². The molecular weight excluding hydrogens is 485 g/mol. The Hall–Kier alpha value is -3.98. The number of carbonyl (C=O) groups is 2. The summed E-state index contributed by atoms with van der Waals surface area (Å²) in [6.07, 6.45) is 1.07. The van der Waals surface area contributed by atoms with Crippen molar-refractivity contribution in [3.8, 4) is 11.6 Å². The van der Waals surface area contributed by atoms with Crippen LogP contribution in [0.25, 0.3) is 0 Å². The first kappa shape index (κ1) is 26.6. The van der Waals surface area contributed by atoms with Gasteiger partial charge in [0.1, 0.15) is 17.3 Å². The number of anilines is 1. The summed E-state index contributed by atoms with van der Waals surface area (Å²) in [6.45, 7) is 5.53. The first-order chi connectivity index (χ1) is 17.1.